The number of carbonyl (C=O) groups is 1. The zero-order valence-electron chi connectivity index (χ0n) is 24.5. The van der Waals surface area contributed by atoms with Crippen molar-refractivity contribution in [3.63, 3.8) is 0 Å². The van der Waals surface area contributed by atoms with Gasteiger partial charge in [-0.15, -0.1) is 0 Å². The number of likely N-dealkylation sites (N-methyl/N-ethyl adjacent to an activating group) is 1. The van der Waals surface area contributed by atoms with Gasteiger partial charge in [0.25, 0.3) is 0 Å². The van der Waals surface area contributed by atoms with E-state index >= 15 is 0 Å². The lowest BCUT2D eigenvalue weighted by molar-refractivity contribution is -0.145. The second-order valence-corrected chi connectivity index (χ2v) is 12.8. The molecule has 1 saturated heterocycles. The van der Waals surface area contributed by atoms with Crippen molar-refractivity contribution in [3.8, 4) is 0 Å². The number of aliphatic carboxylic acids is 1. The quantitative estimate of drug-likeness (QED) is 0.458. The molecule has 0 amide bonds. The third-order valence-electron chi connectivity index (χ3n) is 10.3. The van der Waals surface area contributed by atoms with Gasteiger partial charge in [-0.25, -0.2) is 4.39 Å². The molecule has 4 atom stereocenters. The first-order valence-corrected chi connectivity index (χ1v) is 15.2. The van der Waals surface area contributed by atoms with Gasteiger partial charge in [0.05, 0.1) is 5.69 Å². The van der Waals surface area contributed by atoms with Crippen molar-refractivity contribution < 1.29 is 14.3 Å². The molecular formula is C32H47FN4O2. The lowest BCUT2D eigenvalue weighted by atomic mass is 9.75. The van der Waals surface area contributed by atoms with Crippen LogP contribution in [-0.2, 0) is 29.6 Å². The minimum absolute atomic E-state index is 0.0264. The summed E-state index contributed by atoms with van der Waals surface area (Å²) in [5.41, 5.74) is 5.66. The second kappa shape index (κ2) is 11.3. The molecule has 39 heavy (non-hydrogen) atoms. The van der Waals surface area contributed by atoms with E-state index in [4.69, 9.17) is 5.10 Å². The fourth-order valence-corrected chi connectivity index (χ4v) is 8.31. The van der Waals surface area contributed by atoms with Gasteiger partial charge in [-0.05, 0) is 113 Å². The zero-order chi connectivity index (χ0) is 27.9. The number of fused-ring (bicyclic) bond motifs is 2. The van der Waals surface area contributed by atoms with Crippen LogP contribution in [0.15, 0.2) is 24.3 Å². The van der Waals surface area contributed by atoms with E-state index in [2.05, 4.69) is 34.4 Å². The third kappa shape index (κ3) is 5.29. The number of aromatic nitrogens is 2. The van der Waals surface area contributed by atoms with E-state index in [0.29, 0.717) is 5.92 Å². The van der Waals surface area contributed by atoms with Crippen molar-refractivity contribution in [2.24, 2.45) is 11.8 Å². The molecule has 6 nitrogen and oxygen atoms in total. The van der Waals surface area contributed by atoms with Gasteiger partial charge in [-0.2, -0.15) is 5.10 Å². The van der Waals surface area contributed by atoms with Crippen LogP contribution in [0.5, 0.6) is 0 Å². The van der Waals surface area contributed by atoms with E-state index in [9.17, 15) is 14.3 Å². The Morgan fingerprint density at radius 3 is 2.56 bits per heavy atom. The standard InChI is InChI=1S/C32H47FN4O2/c1-6-28-26-11-12-32(30(26)37(7-2)34-28)13-15-36(16-14-32)20-23-18-25(35(5)29(21(3)4)31(38)39)19-27(23)22-9-8-10-24(33)17-22/h8-10,17,21,23,25,27,29H,6-7,11-16,18-20H2,1-5H3,(H,38,39)/t23-,25+,27-,29-/m1/s1. The molecule has 214 valence electrons. The number of carboxylic acid groups (broad SMARTS) is 1. The molecule has 1 aliphatic heterocycles. The molecule has 1 saturated carbocycles. The molecule has 2 aromatic rings. The Kier molecular flexibility index (Phi) is 8.21. The molecule has 2 heterocycles. The molecule has 0 bridgehead atoms. The summed E-state index contributed by atoms with van der Waals surface area (Å²) in [5, 5.41) is 14.9. The summed E-state index contributed by atoms with van der Waals surface area (Å²) < 4.78 is 16.6. The van der Waals surface area contributed by atoms with Crippen molar-refractivity contribution >= 4 is 5.97 Å². The van der Waals surface area contributed by atoms with E-state index in [1.165, 1.54) is 42.3 Å². The Labute approximate surface area is 233 Å². The van der Waals surface area contributed by atoms with Crippen LogP contribution in [0.2, 0.25) is 0 Å². The van der Waals surface area contributed by atoms with Crippen molar-refractivity contribution in [1.82, 2.24) is 19.6 Å². The molecule has 1 aromatic heterocycles. The normalized spacial score (nSPS) is 25.6. The van der Waals surface area contributed by atoms with Gasteiger partial charge in [0.1, 0.15) is 11.9 Å². The molecule has 0 unspecified atom stereocenters. The minimum Gasteiger partial charge on any atom is -0.480 e. The highest BCUT2D eigenvalue weighted by Gasteiger charge is 2.46. The third-order valence-corrected chi connectivity index (χ3v) is 10.3. The van der Waals surface area contributed by atoms with Gasteiger partial charge in [-0.3, -0.25) is 14.4 Å². The van der Waals surface area contributed by atoms with Gasteiger partial charge >= 0.3 is 5.97 Å². The maximum atomic E-state index is 14.3. The number of hydrogen-bond donors (Lipinski definition) is 1. The van der Waals surface area contributed by atoms with Crippen LogP contribution in [-0.4, -0.2) is 69.4 Å². The lowest BCUT2D eigenvalue weighted by Gasteiger charge is -2.41. The summed E-state index contributed by atoms with van der Waals surface area (Å²) in [7, 11) is 1.97. The summed E-state index contributed by atoms with van der Waals surface area (Å²) in [4.78, 5) is 16.8. The monoisotopic (exact) mass is 538 g/mol. The zero-order valence-corrected chi connectivity index (χ0v) is 24.5. The van der Waals surface area contributed by atoms with Crippen LogP contribution < -0.4 is 0 Å². The predicted octanol–water partition coefficient (Wildman–Crippen LogP) is 5.49. The fraction of sp³-hybridized carbons (Fsp3) is 0.688. The van der Waals surface area contributed by atoms with Gasteiger partial charge in [0.2, 0.25) is 0 Å². The number of piperidine rings is 1. The Morgan fingerprint density at radius 2 is 1.95 bits per heavy atom. The first-order chi connectivity index (χ1) is 18.7. The number of carboxylic acids is 1. The van der Waals surface area contributed by atoms with E-state index < -0.39 is 12.0 Å². The SMILES string of the molecule is CCc1nn(CC)c2c1CCC21CCN(C[C@H]2C[C@H](N(C)[C@@H](C(=O)O)C(C)C)C[C@@H]2c2cccc(F)c2)CC1. The van der Waals surface area contributed by atoms with E-state index in [-0.39, 0.29) is 29.1 Å². The minimum atomic E-state index is -0.756. The van der Waals surface area contributed by atoms with Gasteiger partial charge in [0, 0.05) is 30.2 Å². The van der Waals surface area contributed by atoms with Crippen molar-refractivity contribution in [1.29, 1.82) is 0 Å². The smallest absolute Gasteiger partial charge is 0.321 e. The highest BCUT2D eigenvalue weighted by Crippen LogP contribution is 2.48. The highest BCUT2D eigenvalue weighted by atomic mass is 19.1. The summed E-state index contributed by atoms with van der Waals surface area (Å²) in [5.74, 6) is -0.310. The highest BCUT2D eigenvalue weighted by molar-refractivity contribution is 5.73. The fourth-order valence-electron chi connectivity index (χ4n) is 8.31. The maximum absolute atomic E-state index is 14.3. The first kappa shape index (κ1) is 28.3. The van der Waals surface area contributed by atoms with Crippen LogP contribution >= 0.6 is 0 Å². The number of hydrogen-bond acceptors (Lipinski definition) is 4. The average Bonchev–Trinajstić information content (AvgIpc) is 3.59. The van der Waals surface area contributed by atoms with Crippen molar-refractivity contribution in [2.45, 2.75) is 103 Å². The molecule has 1 aromatic carbocycles. The van der Waals surface area contributed by atoms with E-state index in [0.717, 1.165) is 57.4 Å². The summed E-state index contributed by atoms with van der Waals surface area (Å²) in [6.45, 7) is 12.5. The van der Waals surface area contributed by atoms with Gasteiger partial charge in [-0.1, -0.05) is 32.9 Å². The van der Waals surface area contributed by atoms with Crippen LogP contribution in [0.1, 0.15) is 88.2 Å². The lowest BCUT2D eigenvalue weighted by Crippen LogP contribution is -2.47. The average molecular weight is 539 g/mol. The summed E-state index contributed by atoms with van der Waals surface area (Å²) >= 11 is 0. The summed E-state index contributed by atoms with van der Waals surface area (Å²) in [6, 6.07) is 6.75. The molecular weight excluding hydrogens is 491 g/mol. The molecule has 3 aliphatic rings. The molecule has 5 rings (SSSR count). The number of halogens is 1. The van der Waals surface area contributed by atoms with E-state index in [1.54, 1.807) is 6.07 Å². The molecule has 0 radical (unpaired) electrons. The van der Waals surface area contributed by atoms with Crippen molar-refractivity contribution in [3.05, 3.63) is 52.6 Å². The molecule has 2 aliphatic carbocycles. The largest absolute Gasteiger partial charge is 0.480 e. The molecule has 7 heteroatoms. The number of nitrogens with zero attached hydrogens (tertiary/aromatic N) is 4. The summed E-state index contributed by atoms with van der Waals surface area (Å²) in [6.07, 6.45) is 7.58. The molecule has 1 N–H and O–H groups in total. The number of rotatable bonds is 9. The topological polar surface area (TPSA) is 61.6 Å². The predicted molar refractivity (Wildman–Crippen MR) is 153 cm³/mol. The number of benzene rings is 1. The number of aryl methyl sites for hydroxylation is 2. The Morgan fingerprint density at radius 1 is 1.21 bits per heavy atom. The van der Waals surface area contributed by atoms with Crippen LogP contribution in [0.25, 0.3) is 0 Å². The molecule has 2 fully saturated rings. The molecule has 1 spiro atoms. The van der Waals surface area contributed by atoms with Gasteiger partial charge < -0.3 is 10.0 Å². The maximum Gasteiger partial charge on any atom is 0.321 e. The van der Waals surface area contributed by atoms with Gasteiger partial charge in [0.15, 0.2) is 0 Å². The van der Waals surface area contributed by atoms with E-state index in [1.807, 2.05) is 27.0 Å². The second-order valence-electron chi connectivity index (χ2n) is 12.8. The Hall–Kier alpha value is -2.25. The number of likely N-dealkylation sites (tertiary alicyclic amines) is 1. The Balaban J connectivity index is 1.32. The van der Waals surface area contributed by atoms with Crippen LogP contribution in [0.3, 0.4) is 0 Å². The Bertz CT molecular complexity index is 1170. The first-order valence-electron chi connectivity index (χ1n) is 15.2. The van der Waals surface area contributed by atoms with Crippen LogP contribution in [0, 0.1) is 17.7 Å². The van der Waals surface area contributed by atoms with Crippen molar-refractivity contribution in [2.75, 3.05) is 26.7 Å². The van der Waals surface area contributed by atoms with Crippen LogP contribution in [0.4, 0.5) is 4.39 Å².